The van der Waals surface area contributed by atoms with Gasteiger partial charge in [-0.3, -0.25) is 9.59 Å². The number of rotatable bonds is 3. The Hall–Kier alpha value is -1.10. The molecule has 2 aliphatic heterocycles. The Bertz CT molecular complexity index is 357. The van der Waals surface area contributed by atoms with E-state index in [-0.39, 0.29) is 36.4 Å². The van der Waals surface area contributed by atoms with Crippen molar-refractivity contribution in [2.45, 2.75) is 45.7 Å². The zero-order chi connectivity index (χ0) is 14.0. The van der Waals surface area contributed by atoms with Gasteiger partial charge in [-0.2, -0.15) is 0 Å². The molecule has 0 aromatic rings. The van der Waals surface area contributed by atoms with E-state index in [9.17, 15) is 9.59 Å². The molecule has 0 spiro atoms. The highest BCUT2D eigenvalue weighted by Crippen LogP contribution is 2.23. The molecule has 0 aromatic heterocycles. The van der Waals surface area contributed by atoms with E-state index in [2.05, 4.69) is 17.1 Å². The van der Waals surface area contributed by atoms with Gasteiger partial charge in [-0.1, -0.05) is 20.8 Å². The zero-order valence-corrected chi connectivity index (χ0v) is 12.2. The third-order valence-electron chi connectivity index (χ3n) is 4.22. The predicted octanol–water partition coefficient (Wildman–Crippen LogP) is 0.454. The summed E-state index contributed by atoms with van der Waals surface area (Å²) in [7, 11) is 0. The van der Waals surface area contributed by atoms with E-state index in [1.807, 2.05) is 18.7 Å². The van der Waals surface area contributed by atoms with Crippen molar-refractivity contribution in [1.29, 1.82) is 0 Å². The van der Waals surface area contributed by atoms with Gasteiger partial charge in [0.2, 0.25) is 11.8 Å². The average molecular weight is 267 g/mol. The summed E-state index contributed by atoms with van der Waals surface area (Å²) in [6, 6.07) is -0.109. The van der Waals surface area contributed by atoms with E-state index in [0.717, 1.165) is 32.5 Å². The van der Waals surface area contributed by atoms with Crippen LogP contribution in [0.5, 0.6) is 0 Å². The molecule has 2 heterocycles. The van der Waals surface area contributed by atoms with Crippen LogP contribution < -0.4 is 5.32 Å². The van der Waals surface area contributed by atoms with Crippen molar-refractivity contribution < 1.29 is 9.59 Å². The maximum atomic E-state index is 12.2. The Morgan fingerprint density at radius 2 is 2.11 bits per heavy atom. The van der Waals surface area contributed by atoms with Crippen molar-refractivity contribution >= 4 is 11.8 Å². The van der Waals surface area contributed by atoms with Gasteiger partial charge in [-0.05, 0) is 31.8 Å². The number of nitrogens with one attached hydrogen (secondary N) is 1. The smallest absolute Gasteiger partial charge is 0.243 e. The van der Waals surface area contributed by atoms with Crippen molar-refractivity contribution in [2.75, 3.05) is 26.2 Å². The van der Waals surface area contributed by atoms with Gasteiger partial charge in [-0.15, -0.1) is 0 Å². The zero-order valence-electron chi connectivity index (χ0n) is 12.2. The van der Waals surface area contributed by atoms with Gasteiger partial charge < -0.3 is 15.1 Å². The molecular weight excluding hydrogens is 242 g/mol. The Balaban J connectivity index is 2.17. The molecule has 2 fully saturated rings. The minimum Gasteiger partial charge on any atom is -0.345 e. The molecule has 0 aliphatic carbocycles. The molecule has 0 bridgehead atoms. The summed E-state index contributed by atoms with van der Waals surface area (Å²) in [5.41, 5.74) is 0. The van der Waals surface area contributed by atoms with Crippen molar-refractivity contribution in [1.82, 2.24) is 15.1 Å². The van der Waals surface area contributed by atoms with Crippen molar-refractivity contribution in [2.24, 2.45) is 5.92 Å². The molecule has 0 aromatic carbocycles. The lowest BCUT2D eigenvalue weighted by molar-refractivity contribution is -0.151. The van der Waals surface area contributed by atoms with Crippen LogP contribution in [-0.4, -0.2) is 59.9 Å². The molecule has 2 atom stereocenters. The van der Waals surface area contributed by atoms with Crippen LogP contribution in [0.25, 0.3) is 0 Å². The molecule has 19 heavy (non-hydrogen) atoms. The highest BCUT2D eigenvalue weighted by molar-refractivity contribution is 5.95. The minimum absolute atomic E-state index is 0.00298. The lowest BCUT2D eigenvalue weighted by Gasteiger charge is -2.45. The van der Waals surface area contributed by atoms with Crippen LogP contribution in [0.3, 0.4) is 0 Å². The van der Waals surface area contributed by atoms with E-state index < -0.39 is 0 Å². The summed E-state index contributed by atoms with van der Waals surface area (Å²) in [5, 5.41) is 2.71. The summed E-state index contributed by atoms with van der Waals surface area (Å²) in [6.45, 7) is 9.34. The summed E-state index contributed by atoms with van der Waals surface area (Å²) in [5.74, 6) is 0.228. The van der Waals surface area contributed by atoms with Crippen molar-refractivity contribution in [3.63, 3.8) is 0 Å². The number of nitrogens with zero attached hydrogens (tertiary/aromatic N) is 2. The van der Waals surface area contributed by atoms with Gasteiger partial charge in [0.25, 0.3) is 0 Å². The summed E-state index contributed by atoms with van der Waals surface area (Å²) >= 11 is 0. The number of amides is 2. The molecular formula is C14H25N3O2. The maximum Gasteiger partial charge on any atom is 0.243 e. The molecule has 5 nitrogen and oxygen atoms in total. The first-order valence-corrected chi connectivity index (χ1v) is 7.35. The standard InChI is InChI=1S/C14H25N3O2/c1-4-16-7-5-6-11(9-16)17-12(18)8-15-14(19)13(17)10(2)3/h10-11,13H,4-9H2,1-3H3,(H,15,19). The van der Waals surface area contributed by atoms with Gasteiger partial charge in [0.15, 0.2) is 0 Å². The number of carbonyl (C=O) groups excluding carboxylic acids is 2. The molecule has 108 valence electrons. The topological polar surface area (TPSA) is 52.6 Å². The number of piperazine rings is 1. The van der Waals surface area contributed by atoms with Crippen LogP contribution in [-0.2, 0) is 9.59 Å². The molecule has 0 radical (unpaired) electrons. The fraction of sp³-hybridized carbons (Fsp3) is 0.857. The van der Waals surface area contributed by atoms with Gasteiger partial charge >= 0.3 is 0 Å². The number of hydrogen-bond acceptors (Lipinski definition) is 3. The number of likely N-dealkylation sites (N-methyl/N-ethyl adjacent to an activating group) is 1. The molecule has 1 N–H and O–H groups in total. The van der Waals surface area contributed by atoms with Crippen LogP contribution in [0.1, 0.15) is 33.6 Å². The lowest BCUT2D eigenvalue weighted by Crippen LogP contribution is -2.65. The van der Waals surface area contributed by atoms with Crippen LogP contribution >= 0.6 is 0 Å². The number of piperidine rings is 1. The predicted molar refractivity (Wildman–Crippen MR) is 73.6 cm³/mol. The average Bonchev–Trinajstić information content (AvgIpc) is 2.40. The van der Waals surface area contributed by atoms with Crippen molar-refractivity contribution in [3.05, 3.63) is 0 Å². The van der Waals surface area contributed by atoms with Gasteiger partial charge in [0, 0.05) is 12.6 Å². The molecule has 2 saturated heterocycles. The third-order valence-corrected chi connectivity index (χ3v) is 4.22. The van der Waals surface area contributed by atoms with Crippen LogP contribution in [0.2, 0.25) is 0 Å². The highest BCUT2D eigenvalue weighted by atomic mass is 16.2. The number of carbonyl (C=O) groups is 2. The molecule has 2 rings (SSSR count). The Labute approximate surface area is 115 Å². The fourth-order valence-electron chi connectivity index (χ4n) is 3.24. The molecule has 0 saturated carbocycles. The first-order chi connectivity index (χ1) is 9.04. The quantitative estimate of drug-likeness (QED) is 0.808. The molecule has 2 aliphatic rings. The monoisotopic (exact) mass is 267 g/mol. The van der Waals surface area contributed by atoms with E-state index in [4.69, 9.17) is 0 Å². The second-order valence-electron chi connectivity index (χ2n) is 5.90. The van der Waals surface area contributed by atoms with E-state index in [0.29, 0.717) is 0 Å². The minimum atomic E-state index is -0.303. The van der Waals surface area contributed by atoms with E-state index in [1.54, 1.807) is 0 Å². The number of likely N-dealkylation sites (tertiary alicyclic amines) is 1. The Morgan fingerprint density at radius 1 is 1.37 bits per heavy atom. The van der Waals surface area contributed by atoms with Crippen LogP contribution in [0, 0.1) is 5.92 Å². The Kier molecular flexibility index (Phi) is 4.45. The molecule has 2 amide bonds. The van der Waals surface area contributed by atoms with Gasteiger partial charge in [-0.25, -0.2) is 0 Å². The van der Waals surface area contributed by atoms with Gasteiger partial charge in [0.1, 0.15) is 6.04 Å². The fourth-order valence-corrected chi connectivity index (χ4v) is 3.24. The molecule has 2 unspecified atom stereocenters. The highest BCUT2D eigenvalue weighted by Gasteiger charge is 2.41. The maximum absolute atomic E-state index is 12.2. The second kappa shape index (κ2) is 5.90. The second-order valence-corrected chi connectivity index (χ2v) is 5.90. The lowest BCUT2D eigenvalue weighted by atomic mass is 9.94. The largest absolute Gasteiger partial charge is 0.345 e. The normalized spacial score (nSPS) is 29.8. The molecule has 5 heteroatoms. The third kappa shape index (κ3) is 2.91. The van der Waals surface area contributed by atoms with Crippen LogP contribution in [0.4, 0.5) is 0 Å². The summed E-state index contributed by atoms with van der Waals surface area (Å²) in [4.78, 5) is 28.5. The van der Waals surface area contributed by atoms with E-state index >= 15 is 0 Å². The Morgan fingerprint density at radius 3 is 2.74 bits per heavy atom. The first kappa shape index (κ1) is 14.3. The van der Waals surface area contributed by atoms with Crippen molar-refractivity contribution in [3.8, 4) is 0 Å². The van der Waals surface area contributed by atoms with E-state index in [1.165, 1.54) is 0 Å². The number of hydrogen-bond donors (Lipinski definition) is 1. The summed E-state index contributed by atoms with van der Waals surface area (Å²) in [6.07, 6.45) is 2.12. The SMILES string of the molecule is CCN1CCCC(N2C(=O)CNC(=O)C2C(C)C)C1. The first-order valence-electron chi connectivity index (χ1n) is 7.35. The van der Waals surface area contributed by atoms with Gasteiger partial charge in [0.05, 0.1) is 6.54 Å². The summed E-state index contributed by atoms with van der Waals surface area (Å²) < 4.78 is 0. The van der Waals surface area contributed by atoms with Crippen LogP contribution in [0.15, 0.2) is 0 Å².